The van der Waals surface area contributed by atoms with E-state index < -0.39 is 5.91 Å². The van der Waals surface area contributed by atoms with Crippen molar-refractivity contribution in [2.75, 3.05) is 0 Å². The number of unbranched alkanes of at least 4 members (excludes halogenated alkanes) is 1. The molecule has 0 bridgehead atoms. The molecule has 1 amide bonds. The van der Waals surface area contributed by atoms with E-state index in [4.69, 9.17) is 5.73 Å². The Morgan fingerprint density at radius 2 is 2.09 bits per heavy atom. The van der Waals surface area contributed by atoms with Crippen molar-refractivity contribution in [1.29, 1.82) is 0 Å². The average molecular weight is 304 g/mol. The minimum Gasteiger partial charge on any atom is -0.369 e. The number of nitrogens with zero attached hydrogens (tertiary/aromatic N) is 5. The summed E-state index contributed by atoms with van der Waals surface area (Å²) in [4.78, 5) is 15.6. The molecule has 22 heavy (non-hydrogen) atoms. The zero-order valence-electron chi connectivity index (χ0n) is 13.7. The Balaban J connectivity index is 2.40. The zero-order chi connectivity index (χ0) is 16.3. The van der Waals surface area contributed by atoms with Crippen LogP contribution in [0.1, 0.15) is 51.2 Å². The van der Waals surface area contributed by atoms with E-state index in [1.165, 1.54) is 0 Å². The standard InChI is InChI=1S/C15H24N6O/c1-5-6-7-20-15(17-14(19-20)9-13(16)22)12-8-11(4)21(18-12)10(2)3/h8,10H,5-7,9H2,1-4H3,(H2,16,22). The second kappa shape index (κ2) is 6.72. The van der Waals surface area contributed by atoms with E-state index in [-0.39, 0.29) is 12.5 Å². The van der Waals surface area contributed by atoms with Gasteiger partial charge in [0, 0.05) is 18.3 Å². The van der Waals surface area contributed by atoms with Crippen LogP contribution < -0.4 is 5.73 Å². The highest BCUT2D eigenvalue weighted by molar-refractivity contribution is 5.75. The number of hydrogen-bond acceptors (Lipinski definition) is 4. The van der Waals surface area contributed by atoms with Crippen LogP contribution in [0.5, 0.6) is 0 Å². The van der Waals surface area contributed by atoms with Gasteiger partial charge in [-0.05, 0) is 33.3 Å². The fraction of sp³-hybridized carbons (Fsp3) is 0.600. The van der Waals surface area contributed by atoms with Crippen molar-refractivity contribution >= 4 is 5.91 Å². The molecule has 7 heteroatoms. The van der Waals surface area contributed by atoms with Crippen molar-refractivity contribution in [3.63, 3.8) is 0 Å². The van der Waals surface area contributed by atoms with Gasteiger partial charge in [0.1, 0.15) is 5.69 Å². The molecule has 2 heterocycles. The number of carbonyl (C=O) groups excluding carboxylic acids is 1. The molecule has 0 aliphatic rings. The van der Waals surface area contributed by atoms with E-state index in [1.54, 1.807) is 0 Å². The van der Waals surface area contributed by atoms with Crippen molar-refractivity contribution in [2.45, 2.75) is 59.5 Å². The lowest BCUT2D eigenvalue weighted by Crippen LogP contribution is -2.14. The molecule has 0 aliphatic carbocycles. The maximum Gasteiger partial charge on any atom is 0.225 e. The van der Waals surface area contributed by atoms with Crippen LogP contribution in [-0.2, 0) is 17.8 Å². The number of primary amides is 1. The Morgan fingerprint density at radius 1 is 1.36 bits per heavy atom. The summed E-state index contributed by atoms with van der Waals surface area (Å²) < 4.78 is 3.79. The number of amides is 1. The third-order valence-electron chi connectivity index (χ3n) is 3.41. The Kier molecular flexibility index (Phi) is 4.95. The topological polar surface area (TPSA) is 91.6 Å². The van der Waals surface area contributed by atoms with Gasteiger partial charge in [0.15, 0.2) is 11.6 Å². The number of nitrogens with two attached hydrogens (primary N) is 1. The van der Waals surface area contributed by atoms with Gasteiger partial charge < -0.3 is 5.73 Å². The summed E-state index contributed by atoms with van der Waals surface area (Å²) in [7, 11) is 0. The molecule has 0 aromatic carbocycles. The molecular formula is C15H24N6O. The largest absolute Gasteiger partial charge is 0.369 e. The first-order chi connectivity index (χ1) is 10.4. The maximum absolute atomic E-state index is 11.1. The number of aryl methyl sites for hydroxylation is 2. The van der Waals surface area contributed by atoms with E-state index in [1.807, 2.05) is 22.4 Å². The highest BCUT2D eigenvalue weighted by atomic mass is 16.1. The van der Waals surface area contributed by atoms with E-state index in [0.29, 0.717) is 11.6 Å². The van der Waals surface area contributed by atoms with Gasteiger partial charge in [-0.3, -0.25) is 9.48 Å². The first-order valence-electron chi connectivity index (χ1n) is 7.71. The lowest BCUT2D eigenvalue weighted by molar-refractivity contribution is -0.117. The molecule has 0 fully saturated rings. The highest BCUT2D eigenvalue weighted by Gasteiger charge is 2.17. The number of aromatic nitrogens is 5. The molecule has 0 aliphatic heterocycles. The molecule has 7 nitrogen and oxygen atoms in total. The Labute approximate surface area is 130 Å². The van der Waals surface area contributed by atoms with Crippen molar-refractivity contribution in [1.82, 2.24) is 24.5 Å². The lowest BCUT2D eigenvalue weighted by Gasteiger charge is -2.07. The molecule has 120 valence electrons. The Hall–Kier alpha value is -2.18. The van der Waals surface area contributed by atoms with Crippen molar-refractivity contribution < 1.29 is 4.79 Å². The van der Waals surface area contributed by atoms with Gasteiger partial charge in [-0.25, -0.2) is 9.67 Å². The summed E-state index contributed by atoms with van der Waals surface area (Å²) in [6, 6.07) is 2.28. The van der Waals surface area contributed by atoms with Gasteiger partial charge in [-0.2, -0.15) is 10.2 Å². The second-order valence-electron chi connectivity index (χ2n) is 5.78. The quantitative estimate of drug-likeness (QED) is 0.845. The van der Waals surface area contributed by atoms with Gasteiger partial charge >= 0.3 is 0 Å². The summed E-state index contributed by atoms with van der Waals surface area (Å²) in [5.74, 6) is 0.727. The molecule has 2 aromatic heterocycles. The van der Waals surface area contributed by atoms with Gasteiger partial charge in [0.25, 0.3) is 0 Å². The molecular weight excluding hydrogens is 280 g/mol. The van der Waals surface area contributed by atoms with Gasteiger partial charge in [-0.15, -0.1) is 0 Å². The van der Waals surface area contributed by atoms with E-state index in [2.05, 4.69) is 36.0 Å². The average Bonchev–Trinajstić information content (AvgIpc) is 2.99. The molecule has 0 radical (unpaired) electrons. The fourth-order valence-electron chi connectivity index (χ4n) is 2.39. The molecule has 0 unspecified atom stereocenters. The normalized spacial score (nSPS) is 11.3. The van der Waals surface area contributed by atoms with Crippen molar-refractivity contribution in [3.8, 4) is 11.5 Å². The summed E-state index contributed by atoms with van der Waals surface area (Å²) >= 11 is 0. The van der Waals surface area contributed by atoms with E-state index in [0.717, 1.165) is 30.8 Å². The van der Waals surface area contributed by atoms with Crippen LogP contribution in [0.2, 0.25) is 0 Å². The fourth-order valence-corrected chi connectivity index (χ4v) is 2.39. The first-order valence-corrected chi connectivity index (χ1v) is 7.71. The molecule has 2 N–H and O–H groups in total. The molecule has 0 spiro atoms. The molecule has 2 rings (SSSR count). The minimum atomic E-state index is -0.428. The number of carbonyl (C=O) groups is 1. The van der Waals surface area contributed by atoms with Crippen LogP contribution in [-0.4, -0.2) is 30.5 Å². The summed E-state index contributed by atoms with van der Waals surface area (Å²) in [6.07, 6.45) is 2.11. The van der Waals surface area contributed by atoms with Crippen LogP contribution in [0.15, 0.2) is 6.07 Å². The third-order valence-corrected chi connectivity index (χ3v) is 3.41. The van der Waals surface area contributed by atoms with Gasteiger partial charge in [0.05, 0.1) is 6.42 Å². The molecule has 0 atom stereocenters. The summed E-state index contributed by atoms with van der Waals surface area (Å²) in [6.45, 7) is 9.07. The second-order valence-corrected chi connectivity index (χ2v) is 5.78. The first kappa shape index (κ1) is 16.2. The summed E-state index contributed by atoms with van der Waals surface area (Å²) in [5.41, 5.74) is 7.10. The van der Waals surface area contributed by atoms with E-state index >= 15 is 0 Å². The molecule has 0 saturated carbocycles. The zero-order valence-corrected chi connectivity index (χ0v) is 13.7. The van der Waals surface area contributed by atoms with Gasteiger partial charge in [-0.1, -0.05) is 13.3 Å². The SMILES string of the molecule is CCCCn1nc(CC(N)=O)nc1-c1cc(C)n(C(C)C)n1. The van der Waals surface area contributed by atoms with Crippen LogP contribution in [0.25, 0.3) is 11.5 Å². The van der Waals surface area contributed by atoms with Crippen molar-refractivity contribution in [3.05, 3.63) is 17.6 Å². The van der Waals surface area contributed by atoms with Crippen LogP contribution in [0, 0.1) is 6.92 Å². The summed E-state index contributed by atoms with van der Waals surface area (Å²) in [5, 5.41) is 9.02. The monoisotopic (exact) mass is 304 g/mol. The molecule has 2 aromatic rings. The smallest absolute Gasteiger partial charge is 0.225 e. The molecule has 0 saturated heterocycles. The van der Waals surface area contributed by atoms with Crippen LogP contribution >= 0.6 is 0 Å². The predicted molar refractivity (Wildman–Crippen MR) is 84.2 cm³/mol. The van der Waals surface area contributed by atoms with Crippen LogP contribution in [0.4, 0.5) is 0 Å². The van der Waals surface area contributed by atoms with Crippen molar-refractivity contribution in [2.24, 2.45) is 5.73 Å². The number of hydrogen-bond donors (Lipinski definition) is 1. The Morgan fingerprint density at radius 3 is 2.64 bits per heavy atom. The number of rotatable bonds is 7. The highest BCUT2D eigenvalue weighted by Crippen LogP contribution is 2.20. The predicted octanol–water partition coefficient (Wildman–Crippen LogP) is 1.86. The van der Waals surface area contributed by atoms with Gasteiger partial charge in [0.2, 0.25) is 5.91 Å². The Bertz CT molecular complexity index is 655. The van der Waals surface area contributed by atoms with E-state index in [9.17, 15) is 4.79 Å². The third kappa shape index (κ3) is 3.52. The lowest BCUT2D eigenvalue weighted by atomic mass is 10.3. The van der Waals surface area contributed by atoms with Crippen LogP contribution in [0.3, 0.4) is 0 Å². The minimum absolute atomic E-state index is 0.0516. The maximum atomic E-state index is 11.1.